The summed E-state index contributed by atoms with van der Waals surface area (Å²) in [5.41, 5.74) is -0.871. The molecule has 2 N–H and O–H groups in total. The van der Waals surface area contributed by atoms with Crippen LogP contribution in [0.1, 0.15) is 20.7 Å². The third-order valence-corrected chi connectivity index (χ3v) is 6.62. The Balaban J connectivity index is 0.000000171. The quantitative estimate of drug-likeness (QED) is 0.457. The molecule has 2 aliphatic rings. The van der Waals surface area contributed by atoms with Gasteiger partial charge in [0.2, 0.25) is 0 Å². The fraction of sp³-hybridized carbons (Fsp3) is 0. The number of carbonyl (C=O) groups excluding carboxylic acids is 2. The van der Waals surface area contributed by atoms with Gasteiger partial charge in [-0.1, -0.05) is 0 Å². The molecule has 30 heavy (non-hydrogen) atoms. The van der Waals surface area contributed by atoms with Crippen molar-refractivity contribution < 1.29 is 36.3 Å². The number of amides is 2. The van der Waals surface area contributed by atoms with Crippen LogP contribution in [-0.4, -0.2) is 38.5 Å². The first-order valence-corrected chi connectivity index (χ1v) is 10.5. The van der Waals surface area contributed by atoms with Crippen LogP contribution in [0.15, 0.2) is 46.2 Å². The molecule has 156 valence electrons. The van der Waals surface area contributed by atoms with Crippen LogP contribution in [0, 0.1) is 20.2 Å². The van der Waals surface area contributed by atoms with Crippen molar-refractivity contribution in [1.29, 1.82) is 0 Å². The second kappa shape index (κ2) is 6.85. The van der Waals surface area contributed by atoms with Crippen molar-refractivity contribution in [3.05, 3.63) is 67.8 Å². The number of carbonyl (C=O) groups is 2. The van der Waals surface area contributed by atoms with E-state index in [0.717, 1.165) is 36.4 Å². The number of nitrogens with zero attached hydrogens (tertiary/aromatic N) is 2. The Morgan fingerprint density at radius 1 is 0.667 bits per heavy atom. The highest BCUT2D eigenvalue weighted by Gasteiger charge is 2.34. The molecule has 0 unspecified atom stereocenters. The van der Waals surface area contributed by atoms with E-state index in [4.69, 9.17) is 0 Å². The van der Waals surface area contributed by atoms with E-state index in [1.54, 1.807) is 9.44 Å². The van der Waals surface area contributed by atoms with Gasteiger partial charge >= 0.3 is 0 Å². The number of hydrogen-bond acceptors (Lipinski definition) is 10. The molecular weight excluding hydrogens is 448 g/mol. The number of non-ortho nitro benzene ring substituents is 2. The molecule has 14 nitrogen and oxygen atoms in total. The average Bonchev–Trinajstić information content (AvgIpc) is 3.03. The summed E-state index contributed by atoms with van der Waals surface area (Å²) in [4.78, 5) is 40.9. The summed E-state index contributed by atoms with van der Waals surface area (Å²) in [5, 5.41) is 20.8. The molecule has 0 spiro atoms. The van der Waals surface area contributed by atoms with Crippen LogP contribution in [0.5, 0.6) is 0 Å². The number of nitro benzene ring substituents is 2. The van der Waals surface area contributed by atoms with Gasteiger partial charge in [-0.15, -0.1) is 0 Å². The molecule has 0 radical (unpaired) electrons. The Kier molecular flexibility index (Phi) is 4.75. The molecule has 2 heterocycles. The number of rotatable bonds is 2. The van der Waals surface area contributed by atoms with Crippen molar-refractivity contribution in [3.63, 3.8) is 0 Å². The third-order valence-electron chi connectivity index (χ3n) is 3.87. The smallest absolute Gasteiger partial charge is 0.268 e. The van der Waals surface area contributed by atoms with Crippen molar-refractivity contribution in [2.75, 3.05) is 0 Å². The van der Waals surface area contributed by atoms with Gasteiger partial charge in [0.05, 0.1) is 21.0 Å². The van der Waals surface area contributed by atoms with Crippen LogP contribution in [0.25, 0.3) is 0 Å². The SMILES string of the molecule is O=C1NS(=O)(=O)c2cc([N+](=O)[O-])ccc21.O=C1NS(=O)(=O)c2cc([N+](=O)[O-])ccc21. The Hall–Kier alpha value is -3.92. The molecule has 4 rings (SSSR count). The molecular formula is C14H8N4O10S2. The number of fused-ring (bicyclic) bond motifs is 2. The van der Waals surface area contributed by atoms with Gasteiger partial charge in [-0.05, 0) is 12.1 Å². The number of nitrogens with one attached hydrogen (secondary N) is 2. The Labute approximate surface area is 166 Å². The van der Waals surface area contributed by atoms with Crippen molar-refractivity contribution in [3.8, 4) is 0 Å². The van der Waals surface area contributed by atoms with Gasteiger partial charge in [-0.3, -0.25) is 29.8 Å². The number of sulfonamides is 2. The first-order valence-electron chi connectivity index (χ1n) is 7.54. The summed E-state index contributed by atoms with van der Waals surface area (Å²) in [6, 6.07) is 6.13. The van der Waals surface area contributed by atoms with Crippen LogP contribution < -0.4 is 9.44 Å². The molecule has 2 aromatic rings. The third kappa shape index (κ3) is 3.55. The normalized spacial score (nSPS) is 16.9. The lowest BCUT2D eigenvalue weighted by Gasteiger charge is -1.94. The maximum Gasteiger partial charge on any atom is 0.270 e. The molecule has 2 aliphatic heterocycles. The van der Waals surface area contributed by atoms with Gasteiger partial charge in [0.1, 0.15) is 9.79 Å². The highest BCUT2D eigenvalue weighted by Crippen LogP contribution is 2.27. The lowest BCUT2D eigenvalue weighted by Crippen LogP contribution is -2.20. The molecule has 2 amide bonds. The second-order valence-electron chi connectivity index (χ2n) is 5.74. The maximum absolute atomic E-state index is 11.3. The number of benzene rings is 2. The van der Waals surface area contributed by atoms with Crippen molar-refractivity contribution >= 4 is 43.2 Å². The Morgan fingerprint density at radius 3 is 1.30 bits per heavy atom. The van der Waals surface area contributed by atoms with Crippen LogP contribution in [0.3, 0.4) is 0 Å². The minimum atomic E-state index is -3.91. The molecule has 2 aromatic carbocycles. The monoisotopic (exact) mass is 456 g/mol. The highest BCUT2D eigenvalue weighted by atomic mass is 32.2. The highest BCUT2D eigenvalue weighted by molar-refractivity contribution is 7.91. The lowest BCUT2D eigenvalue weighted by atomic mass is 10.2. The fourth-order valence-corrected chi connectivity index (χ4v) is 4.91. The summed E-state index contributed by atoms with van der Waals surface area (Å²) < 4.78 is 48.6. The number of nitro groups is 2. The van der Waals surface area contributed by atoms with E-state index in [1.807, 2.05) is 0 Å². The van der Waals surface area contributed by atoms with Gasteiger partial charge in [0.25, 0.3) is 43.2 Å². The van der Waals surface area contributed by atoms with Crippen LogP contribution in [0.2, 0.25) is 0 Å². The minimum absolute atomic E-state index is 0.0689. The molecule has 0 aromatic heterocycles. The summed E-state index contributed by atoms with van der Waals surface area (Å²) in [7, 11) is -7.83. The van der Waals surface area contributed by atoms with Crippen LogP contribution >= 0.6 is 0 Å². The van der Waals surface area contributed by atoms with E-state index in [9.17, 15) is 46.7 Å². The Morgan fingerprint density at radius 2 is 1.00 bits per heavy atom. The molecule has 0 bridgehead atoms. The summed E-state index contributed by atoms with van der Waals surface area (Å²) >= 11 is 0. The second-order valence-corrected chi connectivity index (χ2v) is 9.05. The predicted molar refractivity (Wildman–Crippen MR) is 95.5 cm³/mol. The van der Waals surface area contributed by atoms with E-state index < -0.39 is 41.7 Å². The van der Waals surface area contributed by atoms with Gasteiger partial charge in [0, 0.05) is 24.3 Å². The van der Waals surface area contributed by atoms with E-state index in [2.05, 4.69) is 0 Å². The molecule has 16 heteroatoms. The zero-order chi connectivity index (χ0) is 22.4. The summed E-state index contributed by atoms with van der Waals surface area (Å²) in [6.07, 6.45) is 0. The molecule has 0 aliphatic carbocycles. The van der Waals surface area contributed by atoms with Gasteiger partial charge in [-0.2, -0.15) is 0 Å². The van der Waals surface area contributed by atoms with E-state index >= 15 is 0 Å². The zero-order valence-electron chi connectivity index (χ0n) is 14.3. The Bertz CT molecular complexity index is 1260. The van der Waals surface area contributed by atoms with Crippen molar-refractivity contribution in [2.24, 2.45) is 0 Å². The molecule has 0 saturated carbocycles. The average molecular weight is 456 g/mol. The first-order chi connectivity index (χ1) is 13.8. The lowest BCUT2D eigenvalue weighted by molar-refractivity contribution is -0.385. The van der Waals surface area contributed by atoms with Gasteiger partial charge < -0.3 is 0 Å². The van der Waals surface area contributed by atoms with Crippen molar-refractivity contribution in [2.45, 2.75) is 9.79 Å². The number of hydrogen-bond donors (Lipinski definition) is 2. The van der Waals surface area contributed by atoms with Gasteiger partial charge in [0.15, 0.2) is 0 Å². The molecule has 0 fully saturated rings. The van der Waals surface area contributed by atoms with Gasteiger partial charge in [-0.25, -0.2) is 26.3 Å². The van der Waals surface area contributed by atoms with E-state index in [0.29, 0.717) is 0 Å². The van der Waals surface area contributed by atoms with Crippen LogP contribution in [0.4, 0.5) is 11.4 Å². The largest absolute Gasteiger partial charge is 0.270 e. The standard InChI is InChI=1S/2C7H4N2O5S/c2*10-7-5-2-1-4(9(11)12)3-6(5)15(13,14)8-7/h2*1-3H,(H,8,10). The summed E-state index contributed by atoms with van der Waals surface area (Å²) in [6.45, 7) is 0. The predicted octanol–water partition coefficient (Wildman–Crippen LogP) is 0.0538. The van der Waals surface area contributed by atoms with E-state index in [-0.39, 0.29) is 32.3 Å². The summed E-state index contributed by atoms with van der Waals surface area (Å²) in [5.74, 6) is -1.53. The minimum Gasteiger partial charge on any atom is -0.268 e. The topological polar surface area (TPSA) is 213 Å². The molecule has 0 saturated heterocycles. The van der Waals surface area contributed by atoms with E-state index in [1.165, 1.54) is 0 Å². The van der Waals surface area contributed by atoms with Crippen molar-refractivity contribution in [1.82, 2.24) is 9.44 Å². The first kappa shape index (κ1) is 20.8. The van der Waals surface area contributed by atoms with Crippen LogP contribution in [-0.2, 0) is 20.0 Å². The molecule has 0 atom stereocenters. The maximum atomic E-state index is 11.3. The fourth-order valence-electron chi connectivity index (χ4n) is 2.53. The zero-order valence-corrected chi connectivity index (χ0v) is 15.9.